The van der Waals surface area contributed by atoms with Crippen LogP contribution in [0, 0.1) is 17.1 Å². The first-order valence-corrected chi connectivity index (χ1v) is 13.3. The second-order valence-corrected chi connectivity index (χ2v) is 12.0. The molecule has 11 nitrogen and oxygen atoms in total. The maximum Gasteiger partial charge on any atom is 0.408 e. The highest BCUT2D eigenvalue weighted by Gasteiger charge is 2.49. The summed E-state index contributed by atoms with van der Waals surface area (Å²) in [6.07, 6.45) is 1.75. The highest BCUT2D eigenvalue weighted by molar-refractivity contribution is 7.89. The average molecular weight is 534 g/mol. The van der Waals surface area contributed by atoms with Gasteiger partial charge in [-0.05, 0) is 57.9 Å². The fraction of sp³-hybridized carbons (Fsp3) is 0.500. The third kappa shape index (κ3) is 5.24. The van der Waals surface area contributed by atoms with Gasteiger partial charge >= 0.3 is 6.09 Å². The second kappa shape index (κ2) is 9.66. The minimum atomic E-state index is -4.18. The lowest BCUT2D eigenvalue weighted by molar-refractivity contribution is -0.136. The molecule has 198 valence electrons. The van der Waals surface area contributed by atoms with E-state index in [1.54, 1.807) is 20.8 Å². The molecule has 3 heterocycles. The molecule has 2 bridgehead atoms. The number of nitriles is 1. The van der Waals surface area contributed by atoms with Crippen molar-refractivity contribution >= 4 is 27.9 Å². The van der Waals surface area contributed by atoms with Crippen molar-refractivity contribution in [1.29, 1.82) is 5.26 Å². The first-order chi connectivity index (χ1) is 17.3. The zero-order chi connectivity index (χ0) is 27.1. The molecule has 0 saturated carbocycles. The molecule has 1 aromatic rings. The van der Waals surface area contributed by atoms with Crippen molar-refractivity contribution in [2.75, 3.05) is 19.6 Å². The molecule has 0 radical (unpaired) electrons. The van der Waals surface area contributed by atoms with Gasteiger partial charge in [0.15, 0.2) is 0 Å². The maximum absolute atomic E-state index is 13.6. The number of rotatable bonds is 6. The number of nitrogens with one attached hydrogen (secondary N) is 1. The number of likely N-dealkylation sites (tertiary alicyclic amines) is 1. The van der Waals surface area contributed by atoms with E-state index >= 15 is 0 Å². The summed E-state index contributed by atoms with van der Waals surface area (Å²) >= 11 is 0. The highest BCUT2D eigenvalue weighted by atomic mass is 32.2. The van der Waals surface area contributed by atoms with Crippen LogP contribution in [0.2, 0.25) is 0 Å². The van der Waals surface area contributed by atoms with Crippen molar-refractivity contribution in [1.82, 2.24) is 19.4 Å². The van der Waals surface area contributed by atoms with Crippen LogP contribution >= 0.6 is 0 Å². The van der Waals surface area contributed by atoms with Crippen LogP contribution in [0.1, 0.15) is 33.6 Å². The standard InChI is InChI=1S/C24H28FN5O6S/c1-24(2,3)36-23(33)27-19(21(31)28-9-5-7-16(28)12-26)14-29-17-11-20(22(29)32)30(13-17)37(34,35)18-8-4-6-15(25)10-18/h4,6,8,10-11,16-17,19H,5,7,9,13-14H2,1-3H3,(H,27,33)/t16-,17-,19-/m0/s1. The van der Waals surface area contributed by atoms with Crippen LogP contribution in [0.4, 0.5) is 9.18 Å². The third-order valence-corrected chi connectivity index (χ3v) is 8.07. The summed E-state index contributed by atoms with van der Waals surface area (Å²) in [6, 6.07) is 4.05. The zero-order valence-electron chi connectivity index (χ0n) is 20.7. The number of piperazine rings is 1. The fourth-order valence-corrected chi connectivity index (χ4v) is 6.16. The quantitative estimate of drug-likeness (QED) is 0.582. The van der Waals surface area contributed by atoms with Crippen molar-refractivity contribution in [3.8, 4) is 6.07 Å². The predicted molar refractivity (Wildman–Crippen MR) is 127 cm³/mol. The molecule has 4 rings (SSSR count). The predicted octanol–water partition coefficient (Wildman–Crippen LogP) is 1.33. The van der Waals surface area contributed by atoms with E-state index in [0.29, 0.717) is 19.4 Å². The van der Waals surface area contributed by atoms with Crippen LogP contribution in [0.3, 0.4) is 0 Å². The molecule has 0 aliphatic carbocycles. The molecular formula is C24H28FN5O6S. The lowest BCUT2D eigenvalue weighted by Gasteiger charge is -2.36. The zero-order valence-corrected chi connectivity index (χ0v) is 21.5. The summed E-state index contributed by atoms with van der Waals surface area (Å²) in [5.74, 6) is -1.89. The minimum absolute atomic E-state index is 0.103. The van der Waals surface area contributed by atoms with Crippen LogP contribution in [-0.2, 0) is 24.3 Å². The van der Waals surface area contributed by atoms with E-state index in [0.717, 1.165) is 16.4 Å². The largest absolute Gasteiger partial charge is 0.444 e. The van der Waals surface area contributed by atoms with Gasteiger partial charge in [0.1, 0.15) is 29.2 Å². The van der Waals surface area contributed by atoms with Crippen molar-refractivity contribution in [3.63, 3.8) is 0 Å². The normalized spacial score (nSPS) is 22.1. The summed E-state index contributed by atoms with van der Waals surface area (Å²) in [7, 11) is -4.18. The number of amides is 3. The molecule has 3 amide bonds. The number of hydrogen-bond acceptors (Lipinski definition) is 7. The Morgan fingerprint density at radius 1 is 1.32 bits per heavy atom. The molecule has 1 saturated heterocycles. The number of fused-ring (bicyclic) bond motifs is 1. The lowest BCUT2D eigenvalue weighted by Crippen LogP contribution is -2.59. The topological polar surface area (TPSA) is 140 Å². The van der Waals surface area contributed by atoms with E-state index in [1.165, 1.54) is 28.0 Å². The lowest BCUT2D eigenvalue weighted by atomic mass is 10.1. The molecule has 37 heavy (non-hydrogen) atoms. The van der Waals surface area contributed by atoms with E-state index < -0.39 is 57.5 Å². The van der Waals surface area contributed by atoms with Gasteiger partial charge in [-0.25, -0.2) is 17.6 Å². The number of carbonyl (C=O) groups excluding carboxylic acids is 3. The number of halogens is 1. The van der Waals surface area contributed by atoms with Crippen molar-refractivity contribution in [3.05, 3.63) is 41.9 Å². The summed E-state index contributed by atoms with van der Waals surface area (Å²) in [4.78, 5) is 41.5. The van der Waals surface area contributed by atoms with Crippen LogP contribution < -0.4 is 5.32 Å². The Kier molecular flexibility index (Phi) is 6.89. The van der Waals surface area contributed by atoms with Crippen LogP contribution in [-0.4, -0.2) is 83.8 Å². The van der Waals surface area contributed by atoms with Gasteiger partial charge in [0, 0.05) is 6.54 Å². The molecule has 0 aromatic heterocycles. The molecule has 1 N–H and O–H groups in total. The summed E-state index contributed by atoms with van der Waals surface area (Å²) in [5.41, 5.74) is -0.938. The Labute approximate surface area is 214 Å². The Bertz CT molecular complexity index is 1300. The van der Waals surface area contributed by atoms with Gasteiger partial charge < -0.3 is 19.9 Å². The maximum atomic E-state index is 13.6. The number of ether oxygens (including phenoxy) is 1. The number of carbonyl (C=O) groups is 3. The van der Waals surface area contributed by atoms with E-state index in [4.69, 9.17) is 4.74 Å². The highest BCUT2D eigenvalue weighted by Crippen LogP contribution is 2.34. The number of nitrogens with zero attached hydrogens (tertiary/aromatic N) is 4. The number of benzene rings is 1. The molecule has 3 aliphatic heterocycles. The average Bonchev–Trinajstić information content (AvgIpc) is 3.53. The smallest absolute Gasteiger partial charge is 0.408 e. The minimum Gasteiger partial charge on any atom is -0.444 e. The number of alkyl carbamates (subject to hydrolysis) is 1. The Balaban J connectivity index is 1.53. The third-order valence-electron chi connectivity index (χ3n) is 6.29. The molecular weight excluding hydrogens is 505 g/mol. The van der Waals surface area contributed by atoms with Gasteiger partial charge in [-0.2, -0.15) is 5.26 Å². The summed E-state index contributed by atoms with van der Waals surface area (Å²) in [6.45, 7) is 4.97. The Hall–Kier alpha value is -3.66. The van der Waals surface area contributed by atoms with E-state index in [2.05, 4.69) is 11.4 Å². The van der Waals surface area contributed by atoms with Gasteiger partial charge in [-0.1, -0.05) is 6.07 Å². The van der Waals surface area contributed by atoms with Gasteiger partial charge in [0.25, 0.3) is 15.9 Å². The van der Waals surface area contributed by atoms with E-state index in [1.807, 2.05) is 0 Å². The molecule has 0 unspecified atom stereocenters. The molecule has 3 aliphatic rings. The Morgan fingerprint density at radius 2 is 2.05 bits per heavy atom. The van der Waals surface area contributed by atoms with Gasteiger partial charge in [-0.15, -0.1) is 0 Å². The first kappa shape index (κ1) is 26.4. The van der Waals surface area contributed by atoms with Crippen molar-refractivity contribution < 1.29 is 31.9 Å². The molecule has 1 fully saturated rings. The molecule has 0 spiro atoms. The Morgan fingerprint density at radius 3 is 2.68 bits per heavy atom. The molecule has 3 atom stereocenters. The first-order valence-electron chi connectivity index (χ1n) is 11.8. The van der Waals surface area contributed by atoms with Crippen LogP contribution in [0.5, 0.6) is 0 Å². The molecule has 13 heteroatoms. The van der Waals surface area contributed by atoms with Gasteiger partial charge in [-0.3, -0.25) is 13.9 Å². The second-order valence-electron chi connectivity index (χ2n) is 10.1. The fourth-order valence-electron chi connectivity index (χ4n) is 4.65. The summed E-state index contributed by atoms with van der Waals surface area (Å²) < 4.78 is 46.0. The summed E-state index contributed by atoms with van der Waals surface area (Å²) in [5, 5.41) is 11.9. The van der Waals surface area contributed by atoms with Gasteiger partial charge in [0.2, 0.25) is 5.91 Å². The monoisotopic (exact) mass is 533 g/mol. The molecule has 1 aromatic carbocycles. The van der Waals surface area contributed by atoms with Crippen molar-refractivity contribution in [2.45, 2.75) is 62.2 Å². The number of hydrogen-bond donors (Lipinski definition) is 1. The van der Waals surface area contributed by atoms with E-state index in [9.17, 15) is 32.5 Å². The van der Waals surface area contributed by atoms with Gasteiger partial charge in [0.05, 0.1) is 30.1 Å². The SMILES string of the molecule is CC(C)(C)OC(=O)N[C@@H](CN1C(=O)C2=C[C@H]1CN2S(=O)(=O)c1cccc(F)c1)C(=O)N1CCC[C@H]1C#N. The van der Waals surface area contributed by atoms with Crippen LogP contribution in [0.15, 0.2) is 40.9 Å². The van der Waals surface area contributed by atoms with Crippen molar-refractivity contribution in [2.24, 2.45) is 0 Å². The van der Waals surface area contributed by atoms with Crippen LogP contribution in [0.25, 0.3) is 0 Å². The van der Waals surface area contributed by atoms with E-state index in [-0.39, 0.29) is 23.7 Å². The number of sulfonamides is 1.